The zero-order valence-electron chi connectivity index (χ0n) is 11.5. The van der Waals surface area contributed by atoms with E-state index in [9.17, 15) is 4.79 Å². The highest BCUT2D eigenvalue weighted by atomic mass is 79.9. The number of nitrogens with zero attached hydrogens (tertiary/aromatic N) is 1. The van der Waals surface area contributed by atoms with Crippen molar-refractivity contribution >= 4 is 33.2 Å². The summed E-state index contributed by atoms with van der Waals surface area (Å²) < 4.78 is 1.03. The quantitative estimate of drug-likeness (QED) is 0.889. The Morgan fingerprint density at radius 1 is 1.24 bits per heavy atom. The highest BCUT2D eigenvalue weighted by molar-refractivity contribution is 9.10. The molecule has 0 heterocycles. The third kappa shape index (κ3) is 4.33. The molecule has 2 aromatic carbocycles. The maximum atomic E-state index is 11.9. The number of aryl methyl sites for hydroxylation is 1. The van der Waals surface area contributed by atoms with Gasteiger partial charge in [-0.15, -0.1) is 0 Å². The second kappa shape index (κ2) is 6.91. The summed E-state index contributed by atoms with van der Waals surface area (Å²) in [4.78, 5) is 11.9. The summed E-state index contributed by atoms with van der Waals surface area (Å²) in [5.74, 6) is -0.161. The highest BCUT2D eigenvalue weighted by Crippen LogP contribution is 2.19. The number of carbonyl (C=O) groups is 1. The minimum Gasteiger partial charge on any atom is -0.376 e. The first kappa shape index (κ1) is 15.1. The van der Waals surface area contributed by atoms with Crippen molar-refractivity contribution in [1.82, 2.24) is 0 Å². The molecule has 0 unspecified atom stereocenters. The van der Waals surface area contributed by atoms with Crippen molar-refractivity contribution in [3.63, 3.8) is 0 Å². The van der Waals surface area contributed by atoms with Gasteiger partial charge in [0.15, 0.2) is 0 Å². The number of hydrogen-bond acceptors (Lipinski definition) is 3. The Morgan fingerprint density at radius 3 is 2.76 bits per heavy atom. The maximum Gasteiger partial charge on any atom is 0.243 e. The van der Waals surface area contributed by atoms with E-state index in [1.54, 1.807) is 24.3 Å². The van der Waals surface area contributed by atoms with Gasteiger partial charge in [-0.3, -0.25) is 4.79 Å². The van der Waals surface area contributed by atoms with Crippen LogP contribution in [0.25, 0.3) is 0 Å². The molecule has 1 amide bonds. The topological polar surface area (TPSA) is 64.9 Å². The molecule has 0 aliphatic heterocycles. The molecule has 0 saturated heterocycles. The van der Waals surface area contributed by atoms with Crippen LogP contribution in [0.15, 0.2) is 46.9 Å². The van der Waals surface area contributed by atoms with Gasteiger partial charge in [-0.25, -0.2) is 0 Å². The molecule has 0 aromatic heterocycles. The molecule has 0 spiro atoms. The molecular formula is C16H14BrN3O. The average molecular weight is 344 g/mol. The lowest BCUT2D eigenvalue weighted by molar-refractivity contribution is -0.114. The number of carbonyl (C=O) groups excluding carboxylic acids is 1. The molecule has 2 N–H and O–H groups in total. The van der Waals surface area contributed by atoms with Gasteiger partial charge in [0, 0.05) is 15.8 Å². The van der Waals surface area contributed by atoms with Crippen LogP contribution < -0.4 is 10.6 Å². The lowest BCUT2D eigenvalue weighted by Gasteiger charge is -2.09. The average Bonchev–Trinajstić information content (AvgIpc) is 2.48. The first-order valence-electron chi connectivity index (χ1n) is 6.38. The second-order valence-electron chi connectivity index (χ2n) is 4.56. The van der Waals surface area contributed by atoms with Crippen molar-refractivity contribution in [2.24, 2.45) is 0 Å². The van der Waals surface area contributed by atoms with Gasteiger partial charge in [0.05, 0.1) is 18.2 Å². The predicted octanol–water partition coefficient (Wildman–Crippen LogP) is 3.68. The van der Waals surface area contributed by atoms with Crippen LogP contribution in [-0.4, -0.2) is 12.5 Å². The Balaban J connectivity index is 1.92. The number of nitrogens with one attached hydrogen (secondary N) is 2. The van der Waals surface area contributed by atoms with E-state index in [1.807, 2.05) is 31.2 Å². The molecule has 0 aliphatic carbocycles. The standard InChI is InChI=1S/C16H14BrN3O/c1-11-7-13(5-6-15(11)17)19-10-16(21)20-14-4-2-3-12(8-14)9-18/h2-8,19H,10H2,1H3,(H,20,21). The highest BCUT2D eigenvalue weighted by Gasteiger charge is 2.04. The Morgan fingerprint density at radius 2 is 2.05 bits per heavy atom. The fourth-order valence-electron chi connectivity index (χ4n) is 1.81. The Bertz CT molecular complexity index is 707. The third-order valence-electron chi connectivity index (χ3n) is 2.89. The van der Waals surface area contributed by atoms with E-state index < -0.39 is 0 Å². The number of halogens is 1. The van der Waals surface area contributed by atoms with Crippen LogP contribution in [0.5, 0.6) is 0 Å². The first-order chi connectivity index (χ1) is 10.1. The Labute approximate surface area is 131 Å². The molecular weight excluding hydrogens is 330 g/mol. The number of amides is 1. The van der Waals surface area contributed by atoms with E-state index in [-0.39, 0.29) is 12.5 Å². The summed E-state index contributed by atoms with van der Waals surface area (Å²) in [5, 5.41) is 14.6. The van der Waals surface area contributed by atoms with E-state index in [1.165, 1.54) is 0 Å². The van der Waals surface area contributed by atoms with Crippen molar-refractivity contribution in [3.05, 3.63) is 58.1 Å². The van der Waals surface area contributed by atoms with Crippen molar-refractivity contribution < 1.29 is 4.79 Å². The van der Waals surface area contributed by atoms with Gasteiger partial charge in [-0.1, -0.05) is 22.0 Å². The summed E-state index contributed by atoms with van der Waals surface area (Å²) >= 11 is 3.43. The van der Waals surface area contributed by atoms with Crippen LogP contribution >= 0.6 is 15.9 Å². The summed E-state index contributed by atoms with van der Waals surface area (Å²) in [6, 6.07) is 14.7. The van der Waals surface area contributed by atoms with Gasteiger partial charge in [-0.2, -0.15) is 5.26 Å². The van der Waals surface area contributed by atoms with E-state index in [0.29, 0.717) is 11.3 Å². The Hall–Kier alpha value is -2.32. The van der Waals surface area contributed by atoms with Crippen LogP contribution in [-0.2, 0) is 4.79 Å². The first-order valence-corrected chi connectivity index (χ1v) is 7.18. The maximum absolute atomic E-state index is 11.9. The molecule has 0 atom stereocenters. The van der Waals surface area contributed by atoms with E-state index in [2.05, 4.69) is 26.6 Å². The van der Waals surface area contributed by atoms with Crippen molar-refractivity contribution in [2.45, 2.75) is 6.92 Å². The van der Waals surface area contributed by atoms with Crippen LogP contribution in [0.3, 0.4) is 0 Å². The van der Waals surface area contributed by atoms with E-state index in [4.69, 9.17) is 5.26 Å². The largest absolute Gasteiger partial charge is 0.376 e. The summed E-state index contributed by atoms with van der Waals surface area (Å²) in [5.41, 5.74) is 3.12. The molecule has 21 heavy (non-hydrogen) atoms. The fraction of sp³-hybridized carbons (Fsp3) is 0.125. The van der Waals surface area contributed by atoms with Gasteiger partial charge < -0.3 is 10.6 Å². The molecule has 0 aliphatic rings. The van der Waals surface area contributed by atoms with Crippen molar-refractivity contribution in [3.8, 4) is 6.07 Å². The summed E-state index contributed by atoms with van der Waals surface area (Å²) in [6.07, 6.45) is 0. The molecule has 0 bridgehead atoms. The Kier molecular flexibility index (Phi) is 4.96. The number of benzene rings is 2. The zero-order valence-corrected chi connectivity index (χ0v) is 13.1. The third-order valence-corrected chi connectivity index (χ3v) is 3.78. The molecule has 106 valence electrons. The molecule has 2 rings (SSSR count). The summed E-state index contributed by atoms with van der Waals surface area (Å²) in [7, 11) is 0. The number of rotatable bonds is 4. The number of anilines is 2. The van der Waals surface area contributed by atoms with E-state index >= 15 is 0 Å². The number of nitriles is 1. The van der Waals surface area contributed by atoms with Crippen LogP contribution in [0.4, 0.5) is 11.4 Å². The second-order valence-corrected chi connectivity index (χ2v) is 5.41. The smallest absolute Gasteiger partial charge is 0.243 e. The minimum atomic E-state index is -0.161. The van der Waals surface area contributed by atoms with Crippen molar-refractivity contribution in [1.29, 1.82) is 5.26 Å². The lowest BCUT2D eigenvalue weighted by atomic mass is 10.2. The van der Waals surface area contributed by atoms with Gasteiger partial charge in [-0.05, 0) is 48.9 Å². The fourth-order valence-corrected chi connectivity index (χ4v) is 2.06. The van der Waals surface area contributed by atoms with Gasteiger partial charge in [0.2, 0.25) is 5.91 Å². The predicted molar refractivity (Wildman–Crippen MR) is 87.2 cm³/mol. The number of hydrogen-bond donors (Lipinski definition) is 2. The zero-order chi connectivity index (χ0) is 15.2. The van der Waals surface area contributed by atoms with Gasteiger partial charge >= 0.3 is 0 Å². The van der Waals surface area contributed by atoms with Crippen molar-refractivity contribution in [2.75, 3.05) is 17.2 Å². The SMILES string of the molecule is Cc1cc(NCC(=O)Nc2cccc(C#N)c2)ccc1Br. The molecule has 0 fully saturated rings. The van der Waals surface area contributed by atoms with Gasteiger partial charge in [0.1, 0.15) is 0 Å². The van der Waals surface area contributed by atoms with Crippen LogP contribution in [0.1, 0.15) is 11.1 Å². The molecule has 5 heteroatoms. The molecule has 0 saturated carbocycles. The lowest BCUT2D eigenvalue weighted by Crippen LogP contribution is -2.21. The molecule has 2 aromatic rings. The normalized spacial score (nSPS) is 9.76. The minimum absolute atomic E-state index is 0.161. The molecule has 4 nitrogen and oxygen atoms in total. The van der Waals surface area contributed by atoms with Crippen LogP contribution in [0, 0.1) is 18.3 Å². The summed E-state index contributed by atoms with van der Waals surface area (Å²) in [6.45, 7) is 2.15. The monoisotopic (exact) mass is 343 g/mol. The van der Waals surface area contributed by atoms with E-state index in [0.717, 1.165) is 15.7 Å². The molecule has 0 radical (unpaired) electrons. The van der Waals surface area contributed by atoms with Gasteiger partial charge in [0.25, 0.3) is 0 Å². The van der Waals surface area contributed by atoms with Crippen LogP contribution in [0.2, 0.25) is 0 Å².